The van der Waals surface area contributed by atoms with Crippen molar-refractivity contribution in [1.82, 2.24) is 30.0 Å². The molecule has 2 aromatic heterocycles. The van der Waals surface area contributed by atoms with E-state index in [0.717, 1.165) is 58.4 Å². The molecular formula is C44H48F2N10O5. The normalized spacial score (nSPS) is 23.8. The van der Waals surface area contributed by atoms with Crippen LogP contribution in [0.1, 0.15) is 66.1 Å². The van der Waals surface area contributed by atoms with Crippen molar-refractivity contribution in [2.45, 2.75) is 50.5 Å². The second kappa shape index (κ2) is 18.3. The van der Waals surface area contributed by atoms with Gasteiger partial charge in [0.2, 0.25) is 11.8 Å². The number of benzene rings is 1. The predicted molar refractivity (Wildman–Crippen MR) is 222 cm³/mol. The first-order valence-electron chi connectivity index (χ1n) is 20.8. The number of nitriles is 1. The highest BCUT2D eigenvalue weighted by Crippen LogP contribution is 2.35. The standard InChI is InChI=1S/C44H48F2N10O5/c45-35-17-33(18-36(46)42(35)34-6-8-41(58)52-43(34)59)55-25-29(26-55)24-53-9-11-54(12-10-53)31-3-1-27(2-4-31)21-49-23-30-16-38(40(19-37(30)48)61-14-13-57)51-44(60)39-7-5-32-15-28(20-47)22-50-56(32)39/h5,7,15-19,21-23,27,29,31,34,48,57H,1-4,6,8-14,24-26H2,(H,51,60)(H,52,58,59)/b30-23-,48-37?,49-21?/t27?,31?,34-/m1/s1. The van der Waals surface area contributed by atoms with E-state index in [4.69, 9.17) is 10.1 Å². The van der Waals surface area contributed by atoms with E-state index in [-0.39, 0.29) is 48.8 Å². The van der Waals surface area contributed by atoms with Gasteiger partial charge in [-0.15, -0.1) is 0 Å². The van der Waals surface area contributed by atoms with Crippen LogP contribution < -0.4 is 15.5 Å². The highest BCUT2D eigenvalue weighted by Gasteiger charge is 2.36. The summed E-state index contributed by atoms with van der Waals surface area (Å²) in [6.07, 6.45) is 12.4. The van der Waals surface area contributed by atoms with Gasteiger partial charge in [-0.25, -0.2) is 13.3 Å². The number of nitrogens with zero attached hydrogens (tertiary/aromatic N) is 7. The molecule has 4 N–H and O–H groups in total. The number of amides is 3. The molecule has 17 heteroatoms. The van der Waals surface area contributed by atoms with Crippen LogP contribution in [0.3, 0.4) is 0 Å². The maximum Gasteiger partial charge on any atom is 0.274 e. The van der Waals surface area contributed by atoms with Crippen LogP contribution in [0, 0.1) is 40.2 Å². The number of carbonyl (C=O) groups is 3. The number of carbonyl (C=O) groups excluding carboxylic acids is 3. The molecule has 1 saturated carbocycles. The Kier molecular flexibility index (Phi) is 12.5. The van der Waals surface area contributed by atoms with E-state index >= 15 is 8.78 Å². The Labute approximate surface area is 351 Å². The number of aliphatic imine (C=N–C) groups is 1. The number of ether oxygens (including phenoxy) is 1. The van der Waals surface area contributed by atoms with E-state index < -0.39 is 35.3 Å². The number of imide groups is 1. The minimum Gasteiger partial charge on any atom is -0.489 e. The van der Waals surface area contributed by atoms with Gasteiger partial charge in [0, 0.05) is 99.5 Å². The number of rotatable bonds is 12. The Morgan fingerprint density at radius 1 is 1.07 bits per heavy atom. The van der Waals surface area contributed by atoms with Crippen molar-refractivity contribution in [3.63, 3.8) is 0 Å². The molecule has 61 heavy (non-hydrogen) atoms. The molecule has 0 radical (unpaired) electrons. The van der Waals surface area contributed by atoms with Gasteiger partial charge >= 0.3 is 0 Å². The summed E-state index contributed by atoms with van der Waals surface area (Å²) in [7, 11) is 0. The van der Waals surface area contributed by atoms with Gasteiger partial charge in [0.05, 0.1) is 41.2 Å². The van der Waals surface area contributed by atoms with Crippen molar-refractivity contribution in [2.75, 3.05) is 63.9 Å². The average Bonchev–Trinajstić information content (AvgIpc) is 3.67. The molecule has 4 fully saturated rings. The summed E-state index contributed by atoms with van der Waals surface area (Å²) in [4.78, 5) is 48.7. The summed E-state index contributed by atoms with van der Waals surface area (Å²) in [6, 6.07) is 10.1. The number of aromatic nitrogens is 2. The number of piperidine rings is 1. The molecule has 5 heterocycles. The zero-order valence-corrected chi connectivity index (χ0v) is 33.7. The molecule has 0 bridgehead atoms. The third-order valence-corrected chi connectivity index (χ3v) is 12.3. The molecular weight excluding hydrogens is 787 g/mol. The summed E-state index contributed by atoms with van der Waals surface area (Å²) < 4.78 is 37.3. The average molecular weight is 835 g/mol. The summed E-state index contributed by atoms with van der Waals surface area (Å²) in [5.41, 5.74) is 2.39. The molecule has 8 rings (SSSR count). The number of allylic oxidation sites excluding steroid dienone is 3. The summed E-state index contributed by atoms with van der Waals surface area (Å²) in [6.45, 7) is 6.03. The van der Waals surface area contributed by atoms with E-state index in [1.165, 1.54) is 28.9 Å². The van der Waals surface area contributed by atoms with Crippen molar-refractivity contribution >= 4 is 40.9 Å². The largest absolute Gasteiger partial charge is 0.489 e. The molecule has 0 unspecified atom stereocenters. The van der Waals surface area contributed by atoms with Crippen LogP contribution in [0.4, 0.5) is 14.5 Å². The van der Waals surface area contributed by atoms with E-state index in [0.29, 0.717) is 59.0 Å². The number of anilines is 1. The zero-order valence-electron chi connectivity index (χ0n) is 33.7. The first kappa shape index (κ1) is 41.6. The molecule has 3 amide bonds. The lowest BCUT2D eigenvalue weighted by molar-refractivity contribution is -0.134. The monoisotopic (exact) mass is 834 g/mol. The Bertz CT molecular complexity index is 2360. The lowest BCUT2D eigenvalue weighted by Gasteiger charge is -2.46. The van der Waals surface area contributed by atoms with Crippen LogP contribution in [0.5, 0.6) is 0 Å². The number of hydrogen-bond donors (Lipinski definition) is 4. The lowest BCUT2D eigenvalue weighted by atomic mass is 9.85. The molecule has 5 aliphatic rings. The quantitative estimate of drug-likeness (QED) is 0.154. The first-order valence-corrected chi connectivity index (χ1v) is 20.8. The van der Waals surface area contributed by atoms with Crippen molar-refractivity contribution in [2.24, 2.45) is 16.8 Å². The number of fused-ring (bicyclic) bond motifs is 1. The Morgan fingerprint density at radius 2 is 1.82 bits per heavy atom. The lowest BCUT2D eigenvalue weighted by Crippen LogP contribution is -2.56. The number of hydrogen-bond acceptors (Lipinski definition) is 12. The van der Waals surface area contributed by atoms with Gasteiger partial charge in [0.1, 0.15) is 35.8 Å². The number of halogens is 2. The highest BCUT2D eigenvalue weighted by molar-refractivity contribution is 6.10. The summed E-state index contributed by atoms with van der Waals surface area (Å²) >= 11 is 0. The fraction of sp³-hybridized carbons (Fsp3) is 0.432. The van der Waals surface area contributed by atoms with Crippen LogP contribution in [0.15, 0.2) is 76.9 Å². The van der Waals surface area contributed by atoms with Gasteiger partial charge in [-0.3, -0.25) is 29.6 Å². The number of aliphatic hydroxyl groups excluding tert-OH is 1. The minimum absolute atomic E-state index is 0.0169. The van der Waals surface area contributed by atoms with Crippen LogP contribution in [-0.4, -0.2) is 119 Å². The Balaban J connectivity index is 0.787. The van der Waals surface area contributed by atoms with Crippen molar-refractivity contribution in [3.8, 4) is 6.07 Å². The van der Waals surface area contributed by atoms with Crippen LogP contribution in [-0.2, 0) is 14.3 Å². The number of aliphatic hydroxyl groups is 1. The molecule has 15 nitrogen and oxygen atoms in total. The molecule has 3 aromatic rings. The van der Waals surface area contributed by atoms with Crippen molar-refractivity contribution in [1.29, 1.82) is 10.7 Å². The Morgan fingerprint density at radius 3 is 2.52 bits per heavy atom. The van der Waals surface area contributed by atoms with E-state index in [9.17, 15) is 24.8 Å². The maximum absolute atomic E-state index is 15.1. The Hall–Kier alpha value is -6.09. The molecule has 0 spiro atoms. The molecule has 3 aliphatic heterocycles. The van der Waals surface area contributed by atoms with Gasteiger partial charge in [-0.1, -0.05) is 0 Å². The molecule has 3 saturated heterocycles. The van der Waals surface area contributed by atoms with E-state index in [2.05, 4.69) is 30.5 Å². The second-order valence-electron chi connectivity index (χ2n) is 16.3. The van der Waals surface area contributed by atoms with Gasteiger partial charge in [-0.2, -0.15) is 10.4 Å². The number of piperazine rings is 1. The first-order chi connectivity index (χ1) is 29.6. The van der Waals surface area contributed by atoms with Crippen molar-refractivity contribution < 1.29 is 33.0 Å². The second-order valence-corrected chi connectivity index (χ2v) is 16.3. The third kappa shape index (κ3) is 9.31. The van der Waals surface area contributed by atoms with Gasteiger partial charge in [0.15, 0.2) is 0 Å². The molecule has 318 valence electrons. The fourth-order valence-corrected chi connectivity index (χ4v) is 8.98. The predicted octanol–water partition coefficient (Wildman–Crippen LogP) is 3.81. The topological polar surface area (TPSA) is 192 Å². The van der Waals surface area contributed by atoms with Gasteiger partial charge in [0.25, 0.3) is 5.91 Å². The molecule has 1 aromatic carbocycles. The highest BCUT2D eigenvalue weighted by atomic mass is 19.1. The smallest absolute Gasteiger partial charge is 0.274 e. The van der Waals surface area contributed by atoms with Gasteiger partial charge in [-0.05, 0) is 74.4 Å². The number of nitrogens with one attached hydrogen (secondary N) is 3. The molecule has 2 aliphatic carbocycles. The minimum atomic E-state index is -1.01. The fourth-order valence-electron chi connectivity index (χ4n) is 8.98. The van der Waals surface area contributed by atoms with E-state index in [1.54, 1.807) is 30.5 Å². The van der Waals surface area contributed by atoms with Gasteiger partial charge < -0.3 is 30.4 Å². The SMILES string of the molecule is N#Cc1cnn2c(C(=O)NC3=C/C(=C/N=CC4CCC(N5CCN(CC6CN(c7cc(F)c([C@H]8CCC(=O)NC8=O)c(F)c7)C6)CC5)CC4)C(=N)C=C3OCCO)ccc2c1. The third-order valence-electron chi connectivity index (χ3n) is 12.3. The summed E-state index contributed by atoms with van der Waals surface area (Å²) in [5.74, 6) is -3.11. The summed E-state index contributed by atoms with van der Waals surface area (Å²) in [5, 5.41) is 36.4. The maximum atomic E-state index is 15.1. The van der Waals surface area contributed by atoms with Crippen LogP contribution >= 0.6 is 0 Å². The molecule has 1 atom stereocenters. The van der Waals surface area contributed by atoms with Crippen molar-refractivity contribution in [3.05, 3.63) is 100 Å². The van der Waals surface area contributed by atoms with Crippen LogP contribution in [0.2, 0.25) is 0 Å². The van der Waals surface area contributed by atoms with Crippen LogP contribution in [0.25, 0.3) is 5.52 Å². The zero-order chi connectivity index (χ0) is 42.6. The van der Waals surface area contributed by atoms with E-state index in [1.807, 2.05) is 17.2 Å².